The zero-order valence-corrected chi connectivity index (χ0v) is 26.2. The Hall–Kier alpha value is -3.37. The number of aryl methyl sites for hydroxylation is 1. The molecule has 42 heavy (non-hydrogen) atoms. The van der Waals surface area contributed by atoms with Crippen LogP contribution in [0.25, 0.3) is 10.9 Å². The number of pyridine rings is 1. The lowest BCUT2D eigenvalue weighted by Gasteiger charge is -2.48. The first-order chi connectivity index (χ1) is 19.8. The second kappa shape index (κ2) is 14.2. The van der Waals surface area contributed by atoms with Crippen molar-refractivity contribution in [2.24, 2.45) is 41.3 Å². The number of nitrogens with two attached hydrogens (primary N) is 2. The SMILES string of the molecule is CCC/C=C(Nc1ccc2c(c1)cc(OCC(N)=O)c(=O)n2C)/C(Cl)=C\N=C(C)N1CC(C)C(C)(F)C(C(C)CN)C1. The van der Waals surface area contributed by atoms with Gasteiger partial charge in [0.25, 0.3) is 11.5 Å². The number of allylic oxidation sites excluding steroid dienone is 2. The Morgan fingerprint density at radius 2 is 2.07 bits per heavy atom. The second-order valence-electron chi connectivity index (χ2n) is 11.4. The Morgan fingerprint density at radius 1 is 1.36 bits per heavy atom. The molecule has 3 rings (SSSR count). The molecule has 1 aromatic heterocycles. The van der Waals surface area contributed by atoms with Gasteiger partial charge in [-0.2, -0.15) is 0 Å². The maximum Gasteiger partial charge on any atom is 0.293 e. The lowest BCUT2D eigenvalue weighted by Crippen LogP contribution is -2.57. The van der Waals surface area contributed by atoms with E-state index in [-0.39, 0.29) is 35.7 Å². The molecule has 2 heterocycles. The predicted molar refractivity (Wildman–Crippen MR) is 169 cm³/mol. The van der Waals surface area contributed by atoms with Gasteiger partial charge in [0.05, 0.1) is 16.2 Å². The van der Waals surface area contributed by atoms with E-state index < -0.39 is 11.6 Å². The van der Waals surface area contributed by atoms with Crippen LogP contribution in [-0.2, 0) is 11.8 Å². The minimum atomic E-state index is -1.30. The Labute approximate surface area is 252 Å². The third kappa shape index (κ3) is 7.72. The minimum absolute atomic E-state index is 0.0358. The Balaban J connectivity index is 1.87. The van der Waals surface area contributed by atoms with Crippen LogP contribution >= 0.6 is 11.6 Å². The van der Waals surface area contributed by atoms with Crippen molar-refractivity contribution in [3.05, 3.63) is 57.6 Å². The molecule has 1 aliphatic heterocycles. The standard InChI is InChI=1S/C31H44ClFN6O3/c1-7-8-9-26(25(32)15-36-21(4)39-16-20(3)31(5,33)24(17-39)19(2)14-34)37-23-10-11-27-22(12-23)13-28(30(41)38(27)6)42-18-29(35)40/h9-13,15,19-20,24,37H,7-8,14,16-18,34H2,1-6H3,(H2,35,40)/b25-15+,26-9-,36-21?. The summed E-state index contributed by atoms with van der Waals surface area (Å²) in [5.41, 5.74) is 11.5. The summed E-state index contributed by atoms with van der Waals surface area (Å²) in [6.45, 7) is 10.7. The molecule has 1 saturated heterocycles. The van der Waals surface area contributed by atoms with E-state index in [2.05, 4.69) is 22.1 Å². The number of ether oxygens (including phenoxy) is 1. The zero-order valence-electron chi connectivity index (χ0n) is 25.4. The Kier molecular flexibility index (Phi) is 11.2. The fourth-order valence-corrected chi connectivity index (χ4v) is 5.44. The highest BCUT2D eigenvalue weighted by atomic mass is 35.5. The van der Waals surface area contributed by atoms with Gasteiger partial charge < -0.3 is 31.0 Å². The average Bonchev–Trinajstić information content (AvgIpc) is 2.95. The van der Waals surface area contributed by atoms with E-state index in [1.165, 1.54) is 4.57 Å². The van der Waals surface area contributed by atoms with Crippen LogP contribution in [0.2, 0.25) is 0 Å². The number of likely N-dealkylation sites (tertiary alicyclic amines) is 1. The van der Waals surface area contributed by atoms with E-state index in [0.29, 0.717) is 35.9 Å². The molecular weight excluding hydrogens is 559 g/mol. The molecule has 11 heteroatoms. The fourth-order valence-electron chi connectivity index (χ4n) is 5.27. The summed E-state index contributed by atoms with van der Waals surface area (Å²) in [7, 11) is 1.64. The van der Waals surface area contributed by atoms with Crippen LogP contribution in [0.4, 0.5) is 10.1 Å². The average molecular weight is 603 g/mol. The number of primary amides is 1. The highest BCUT2D eigenvalue weighted by Crippen LogP contribution is 2.40. The van der Waals surface area contributed by atoms with E-state index >= 15 is 4.39 Å². The van der Waals surface area contributed by atoms with Crippen LogP contribution in [0.15, 0.2) is 57.1 Å². The molecule has 4 atom stereocenters. The van der Waals surface area contributed by atoms with Crippen molar-refractivity contribution in [2.45, 2.75) is 53.1 Å². The van der Waals surface area contributed by atoms with Crippen LogP contribution in [-0.4, -0.2) is 53.1 Å². The number of hydrogen-bond acceptors (Lipinski definition) is 6. The molecule has 0 radical (unpaired) electrons. The first-order valence-electron chi connectivity index (χ1n) is 14.4. The molecule has 1 aromatic carbocycles. The number of amides is 1. The van der Waals surface area contributed by atoms with Gasteiger partial charge in [-0.25, -0.2) is 9.38 Å². The number of aliphatic imine (C=N–C) groups is 1. The predicted octanol–water partition coefficient (Wildman–Crippen LogP) is 4.89. The van der Waals surface area contributed by atoms with Gasteiger partial charge in [0.15, 0.2) is 12.4 Å². The first kappa shape index (κ1) is 33.1. The van der Waals surface area contributed by atoms with Crippen LogP contribution in [0.3, 0.4) is 0 Å². The minimum Gasteiger partial charge on any atom is -0.478 e. The summed E-state index contributed by atoms with van der Waals surface area (Å²) in [6, 6.07) is 7.13. The van der Waals surface area contributed by atoms with E-state index in [9.17, 15) is 9.59 Å². The molecule has 4 unspecified atom stereocenters. The van der Waals surface area contributed by atoms with Gasteiger partial charge in [0.1, 0.15) is 11.5 Å². The summed E-state index contributed by atoms with van der Waals surface area (Å²) in [4.78, 5) is 30.5. The number of carbonyl (C=O) groups is 1. The number of fused-ring (bicyclic) bond motifs is 1. The number of aromatic nitrogens is 1. The monoisotopic (exact) mass is 602 g/mol. The molecular formula is C31H44ClFN6O3. The second-order valence-corrected chi connectivity index (χ2v) is 11.8. The molecule has 0 aliphatic carbocycles. The number of nitrogens with one attached hydrogen (secondary N) is 1. The van der Waals surface area contributed by atoms with Crippen molar-refractivity contribution in [3.63, 3.8) is 0 Å². The van der Waals surface area contributed by atoms with E-state index in [0.717, 1.165) is 29.8 Å². The van der Waals surface area contributed by atoms with E-state index in [1.807, 2.05) is 45.0 Å². The number of carbonyl (C=O) groups excluding carboxylic acids is 1. The molecule has 1 aliphatic rings. The quantitative estimate of drug-likeness (QED) is 0.191. The summed E-state index contributed by atoms with van der Waals surface area (Å²) < 4.78 is 22.4. The molecule has 5 N–H and O–H groups in total. The van der Waals surface area contributed by atoms with Gasteiger partial charge in [0.2, 0.25) is 0 Å². The third-order valence-electron chi connectivity index (χ3n) is 8.22. The third-order valence-corrected chi connectivity index (χ3v) is 8.52. The normalized spacial score (nSPS) is 22.8. The zero-order chi connectivity index (χ0) is 31.2. The fraction of sp³-hybridized carbons (Fsp3) is 0.516. The number of halogens is 2. The van der Waals surface area contributed by atoms with Gasteiger partial charge in [-0.3, -0.25) is 9.59 Å². The van der Waals surface area contributed by atoms with Gasteiger partial charge in [-0.1, -0.05) is 44.9 Å². The van der Waals surface area contributed by atoms with Crippen molar-refractivity contribution in [3.8, 4) is 5.75 Å². The van der Waals surface area contributed by atoms with Crippen molar-refractivity contribution in [1.82, 2.24) is 9.47 Å². The van der Waals surface area contributed by atoms with E-state index in [4.69, 9.17) is 27.8 Å². The van der Waals surface area contributed by atoms with Crippen molar-refractivity contribution < 1.29 is 13.9 Å². The van der Waals surface area contributed by atoms with Crippen molar-refractivity contribution >= 4 is 39.9 Å². The highest BCUT2D eigenvalue weighted by Gasteiger charge is 2.47. The number of amidine groups is 1. The number of alkyl halides is 1. The number of hydrogen-bond donors (Lipinski definition) is 3. The maximum atomic E-state index is 15.6. The molecule has 1 amide bonds. The smallest absolute Gasteiger partial charge is 0.293 e. The molecule has 0 bridgehead atoms. The lowest BCUT2D eigenvalue weighted by molar-refractivity contribution is -0.119. The van der Waals surface area contributed by atoms with E-state index in [1.54, 1.807) is 26.2 Å². The molecule has 0 spiro atoms. The summed E-state index contributed by atoms with van der Waals surface area (Å²) in [6.07, 6.45) is 5.33. The van der Waals surface area contributed by atoms with Crippen LogP contribution < -0.4 is 27.1 Å². The van der Waals surface area contributed by atoms with Crippen LogP contribution in [0.5, 0.6) is 5.75 Å². The number of nitrogens with zero attached hydrogens (tertiary/aromatic N) is 3. The maximum absolute atomic E-state index is 15.6. The molecule has 1 fully saturated rings. The number of unbranched alkanes of at least 4 members (excludes halogenated alkanes) is 1. The Bertz CT molecular complexity index is 1430. The van der Waals surface area contributed by atoms with Crippen LogP contribution in [0.1, 0.15) is 47.5 Å². The number of anilines is 1. The van der Waals surface area contributed by atoms with Crippen molar-refractivity contribution in [1.29, 1.82) is 0 Å². The first-order valence-corrected chi connectivity index (χ1v) is 14.7. The Morgan fingerprint density at radius 3 is 2.71 bits per heavy atom. The molecule has 230 valence electrons. The van der Waals surface area contributed by atoms with Gasteiger partial charge in [0, 0.05) is 49.2 Å². The highest BCUT2D eigenvalue weighted by molar-refractivity contribution is 6.32. The molecule has 0 saturated carbocycles. The largest absolute Gasteiger partial charge is 0.478 e. The van der Waals surface area contributed by atoms with Crippen molar-refractivity contribution in [2.75, 3.05) is 31.6 Å². The molecule has 9 nitrogen and oxygen atoms in total. The summed E-state index contributed by atoms with van der Waals surface area (Å²) >= 11 is 6.77. The number of rotatable bonds is 11. The lowest BCUT2D eigenvalue weighted by atomic mass is 9.71. The summed E-state index contributed by atoms with van der Waals surface area (Å²) in [5.74, 6) is -0.209. The van der Waals surface area contributed by atoms with Gasteiger partial charge >= 0.3 is 0 Å². The van der Waals surface area contributed by atoms with Crippen LogP contribution in [0, 0.1) is 17.8 Å². The van der Waals surface area contributed by atoms with Gasteiger partial charge in [-0.05, 0) is 57.0 Å². The number of piperidine rings is 1. The van der Waals surface area contributed by atoms with Gasteiger partial charge in [-0.15, -0.1) is 0 Å². The number of benzene rings is 1. The summed E-state index contributed by atoms with van der Waals surface area (Å²) in [5, 5.41) is 4.52. The molecule has 2 aromatic rings. The topological polar surface area (TPSA) is 128 Å².